The first kappa shape index (κ1) is 43.9. The van der Waals surface area contributed by atoms with Gasteiger partial charge in [-0.3, -0.25) is 48.2 Å². The number of carbonyl (C=O) groups excluding carboxylic acids is 4. The third-order valence-electron chi connectivity index (χ3n) is 10.0. The summed E-state index contributed by atoms with van der Waals surface area (Å²) in [6, 6.07) is 14.2. The van der Waals surface area contributed by atoms with Crippen molar-refractivity contribution >= 4 is 23.6 Å². The van der Waals surface area contributed by atoms with Crippen molar-refractivity contribution in [2.45, 2.75) is 37.8 Å². The number of rotatable bonds is 18. The molecule has 8 N–H and O–H groups in total. The topological polar surface area (TPSA) is 292 Å². The molecule has 2 atom stereocenters. The summed E-state index contributed by atoms with van der Waals surface area (Å²) >= 11 is 0. The van der Waals surface area contributed by atoms with Crippen LogP contribution in [-0.2, 0) is 0 Å². The molecule has 0 spiro atoms. The van der Waals surface area contributed by atoms with Gasteiger partial charge in [0, 0.05) is 88.7 Å². The van der Waals surface area contributed by atoms with Crippen molar-refractivity contribution in [3.8, 4) is 0 Å². The van der Waals surface area contributed by atoms with E-state index in [9.17, 15) is 59.2 Å². The maximum atomic E-state index is 13.0. The van der Waals surface area contributed by atoms with Gasteiger partial charge >= 0.3 is 0 Å². The van der Waals surface area contributed by atoms with Crippen LogP contribution < -0.4 is 43.5 Å². The molecule has 4 amide bonds. The van der Waals surface area contributed by atoms with Gasteiger partial charge in [-0.25, -0.2) is 0 Å². The van der Waals surface area contributed by atoms with E-state index in [0.29, 0.717) is 12.8 Å². The second-order valence-electron chi connectivity index (χ2n) is 13.8. The van der Waals surface area contributed by atoms with Gasteiger partial charge in [0.25, 0.3) is 45.9 Å². The van der Waals surface area contributed by atoms with Crippen molar-refractivity contribution in [2.75, 3.05) is 52.4 Å². The van der Waals surface area contributed by atoms with E-state index in [-0.39, 0.29) is 106 Å². The van der Waals surface area contributed by atoms with Crippen LogP contribution in [0.1, 0.15) is 67.6 Å². The van der Waals surface area contributed by atoms with Gasteiger partial charge in [-0.1, -0.05) is 37.1 Å². The molecule has 1 aliphatic rings. The van der Waals surface area contributed by atoms with E-state index in [2.05, 4.69) is 21.3 Å². The van der Waals surface area contributed by atoms with Crippen molar-refractivity contribution < 1.29 is 40.0 Å². The van der Waals surface area contributed by atoms with Crippen molar-refractivity contribution in [2.24, 2.45) is 0 Å². The molecule has 320 valence electrons. The molecular formula is C38H46N10O12. The molecule has 1 fully saturated rings. The maximum Gasteiger partial charge on any atom is 0.283 e. The van der Waals surface area contributed by atoms with Crippen LogP contribution >= 0.6 is 0 Å². The maximum absolute atomic E-state index is 13.0. The van der Waals surface area contributed by atoms with Crippen LogP contribution in [0, 0.1) is 0 Å². The van der Waals surface area contributed by atoms with E-state index in [1.165, 1.54) is 48.5 Å². The predicted octanol–water partition coefficient (Wildman–Crippen LogP) is -1.78. The summed E-state index contributed by atoms with van der Waals surface area (Å²) in [5.74, 6) is -2.89. The molecule has 0 bridgehead atoms. The Morgan fingerprint density at radius 3 is 0.917 bits per heavy atom. The van der Waals surface area contributed by atoms with E-state index in [4.69, 9.17) is 0 Å². The summed E-state index contributed by atoms with van der Waals surface area (Å²) in [5.41, 5.74) is -4.33. The molecule has 1 saturated carbocycles. The SMILES string of the molecule is O=C(NCCN(CCNC(=O)c1cccc(=O)n1O)[C@H]1CCCC[C@@H]1N(CCNC(=O)c1cccc(=O)n1O)CCNC(=O)c1cccc(=O)n1O)c1cccc(=O)n1O. The van der Waals surface area contributed by atoms with Crippen molar-refractivity contribution in [1.82, 2.24) is 50.0 Å². The highest BCUT2D eigenvalue weighted by Gasteiger charge is 2.34. The fourth-order valence-electron chi connectivity index (χ4n) is 7.06. The minimum absolute atomic E-state index is 0.0277. The Hall–Kier alpha value is -7.20. The van der Waals surface area contributed by atoms with Crippen molar-refractivity contribution in [3.05, 3.63) is 137 Å². The summed E-state index contributed by atoms with van der Waals surface area (Å²) in [6.07, 6.45) is 2.85. The first-order valence-corrected chi connectivity index (χ1v) is 19.0. The van der Waals surface area contributed by atoms with Crippen LogP contribution in [0.3, 0.4) is 0 Å². The monoisotopic (exact) mass is 834 g/mol. The number of pyridine rings is 4. The lowest BCUT2D eigenvalue weighted by Crippen LogP contribution is -2.58. The molecule has 0 saturated heterocycles. The standard InChI is InChI=1S/C38H46N10O12/c49-31-13-3-9-27(45(31)57)35(53)39-17-21-43(22-18-40-36(54)28-10-4-14-32(50)46(28)58)25-7-1-2-8-26(25)44(23-19-41-37(55)29-11-5-15-33(51)47(29)59)24-20-42-38(56)30-12-6-16-34(52)48(30)60/h3-6,9-16,25-26,57-60H,1-2,7-8,17-24H2,(H,39,53)(H,40,54)(H,41,55)(H,42,56)/t25-,26-/m0/s1. The summed E-state index contributed by atoms with van der Waals surface area (Å²) < 4.78 is 0.922. The average molecular weight is 835 g/mol. The zero-order chi connectivity index (χ0) is 43.3. The highest BCUT2D eigenvalue weighted by molar-refractivity contribution is 5.93. The normalized spacial score (nSPS) is 15.0. The largest absolute Gasteiger partial charge is 0.425 e. The van der Waals surface area contributed by atoms with Gasteiger partial charge in [0.15, 0.2) is 0 Å². The van der Waals surface area contributed by atoms with E-state index in [0.717, 1.165) is 37.1 Å². The van der Waals surface area contributed by atoms with Crippen LogP contribution in [0.4, 0.5) is 0 Å². The third kappa shape index (κ3) is 10.8. The minimum atomic E-state index is -0.798. The number of aromatic nitrogens is 4. The Bertz CT molecular complexity index is 2100. The predicted molar refractivity (Wildman–Crippen MR) is 210 cm³/mol. The zero-order valence-corrected chi connectivity index (χ0v) is 32.3. The van der Waals surface area contributed by atoms with E-state index < -0.39 is 45.9 Å². The Morgan fingerprint density at radius 2 is 0.683 bits per heavy atom. The number of nitrogens with zero attached hydrogens (tertiary/aromatic N) is 6. The molecule has 0 radical (unpaired) electrons. The number of nitrogens with one attached hydrogen (secondary N) is 4. The molecular weight excluding hydrogens is 788 g/mol. The Kier molecular flexibility index (Phi) is 15.0. The lowest BCUT2D eigenvalue weighted by Gasteiger charge is -2.45. The summed E-state index contributed by atoms with van der Waals surface area (Å²) in [5, 5.41) is 51.2. The first-order chi connectivity index (χ1) is 28.8. The highest BCUT2D eigenvalue weighted by Crippen LogP contribution is 2.27. The van der Waals surface area contributed by atoms with Gasteiger partial charge in [-0.15, -0.1) is 18.9 Å². The molecule has 0 aliphatic heterocycles. The summed E-state index contributed by atoms with van der Waals surface area (Å²) in [4.78, 5) is 104. The Labute approximate surface area is 340 Å². The van der Waals surface area contributed by atoms with Crippen molar-refractivity contribution in [1.29, 1.82) is 0 Å². The van der Waals surface area contributed by atoms with E-state index in [1.54, 1.807) is 0 Å². The van der Waals surface area contributed by atoms with Gasteiger partial charge in [0.1, 0.15) is 22.8 Å². The smallest absolute Gasteiger partial charge is 0.283 e. The molecule has 5 rings (SSSR count). The first-order valence-electron chi connectivity index (χ1n) is 19.0. The lowest BCUT2D eigenvalue weighted by atomic mass is 9.87. The van der Waals surface area contributed by atoms with Crippen LogP contribution in [0.15, 0.2) is 92.0 Å². The Balaban J connectivity index is 1.36. The number of hydrogen-bond acceptors (Lipinski definition) is 14. The fourth-order valence-corrected chi connectivity index (χ4v) is 7.06. The third-order valence-corrected chi connectivity index (χ3v) is 10.0. The number of carbonyl (C=O) groups is 4. The van der Waals surface area contributed by atoms with Crippen LogP contribution in [0.5, 0.6) is 0 Å². The van der Waals surface area contributed by atoms with E-state index in [1.807, 2.05) is 9.80 Å². The molecule has 0 unspecified atom stereocenters. The lowest BCUT2D eigenvalue weighted by molar-refractivity contribution is 0.0469. The fraction of sp³-hybridized carbons (Fsp3) is 0.368. The molecule has 4 aromatic rings. The highest BCUT2D eigenvalue weighted by atomic mass is 16.5. The molecule has 0 aromatic carbocycles. The minimum Gasteiger partial charge on any atom is -0.425 e. The molecule has 1 aliphatic carbocycles. The second kappa shape index (κ2) is 20.5. The Morgan fingerprint density at radius 1 is 0.450 bits per heavy atom. The van der Waals surface area contributed by atoms with Gasteiger partial charge in [0.05, 0.1) is 0 Å². The van der Waals surface area contributed by atoms with Crippen LogP contribution in [0.25, 0.3) is 0 Å². The van der Waals surface area contributed by atoms with Crippen molar-refractivity contribution in [3.63, 3.8) is 0 Å². The zero-order valence-electron chi connectivity index (χ0n) is 32.3. The van der Waals surface area contributed by atoms with Crippen LogP contribution in [0.2, 0.25) is 0 Å². The second-order valence-corrected chi connectivity index (χ2v) is 13.8. The summed E-state index contributed by atoms with van der Waals surface area (Å²) in [7, 11) is 0. The molecule has 60 heavy (non-hydrogen) atoms. The van der Waals surface area contributed by atoms with Gasteiger partial charge in [0.2, 0.25) is 0 Å². The quantitative estimate of drug-likeness (QED) is 0.0515. The van der Waals surface area contributed by atoms with Gasteiger partial charge < -0.3 is 42.1 Å². The van der Waals surface area contributed by atoms with Gasteiger partial charge in [-0.2, -0.15) is 0 Å². The average Bonchev–Trinajstić information content (AvgIpc) is 3.23. The summed E-state index contributed by atoms with van der Waals surface area (Å²) in [6.45, 7) is 0.915. The van der Waals surface area contributed by atoms with E-state index >= 15 is 0 Å². The molecule has 22 heteroatoms. The molecule has 22 nitrogen and oxygen atoms in total. The molecule has 4 heterocycles. The van der Waals surface area contributed by atoms with Gasteiger partial charge in [-0.05, 0) is 37.1 Å². The molecule has 4 aromatic heterocycles. The number of amides is 4. The number of hydrogen-bond donors (Lipinski definition) is 8. The van der Waals surface area contributed by atoms with Crippen LogP contribution in [-0.4, -0.2) is 138 Å².